The van der Waals surface area contributed by atoms with Crippen molar-refractivity contribution >= 4 is 23.4 Å². The van der Waals surface area contributed by atoms with Crippen molar-refractivity contribution < 1.29 is 14.0 Å². The average molecular weight is 419 g/mol. The number of halogens is 2. The molecule has 1 atom stereocenters. The lowest BCUT2D eigenvalue weighted by molar-refractivity contribution is -0.140. The van der Waals surface area contributed by atoms with Crippen LogP contribution in [0.3, 0.4) is 0 Å². The van der Waals surface area contributed by atoms with Crippen LogP contribution in [0.1, 0.15) is 44.4 Å². The molecular weight excluding hydrogens is 391 g/mol. The fourth-order valence-electron chi connectivity index (χ4n) is 3.02. The van der Waals surface area contributed by atoms with Gasteiger partial charge >= 0.3 is 0 Å². The molecule has 0 aromatic heterocycles. The molecule has 0 spiro atoms. The Bertz CT molecular complexity index is 872. The third kappa shape index (κ3) is 6.57. The number of amides is 2. The van der Waals surface area contributed by atoms with Gasteiger partial charge in [-0.2, -0.15) is 0 Å². The minimum absolute atomic E-state index is 0.136. The molecule has 1 N–H and O–H groups in total. The van der Waals surface area contributed by atoms with Gasteiger partial charge in [0.15, 0.2) is 0 Å². The van der Waals surface area contributed by atoms with E-state index < -0.39 is 17.4 Å². The van der Waals surface area contributed by atoms with Gasteiger partial charge in [0.25, 0.3) is 0 Å². The normalized spacial score (nSPS) is 12.4. The van der Waals surface area contributed by atoms with Crippen molar-refractivity contribution in [1.29, 1.82) is 0 Å². The molecule has 0 saturated carbocycles. The van der Waals surface area contributed by atoms with Crippen LogP contribution < -0.4 is 5.32 Å². The van der Waals surface area contributed by atoms with E-state index >= 15 is 0 Å². The van der Waals surface area contributed by atoms with E-state index in [1.165, 1.54) is 17.0 Å². The maximum Gasteiger partial charge on any atom is 0.242 e. The number of hydrogen-bond donors (Lipinski definition) is 1. The van der Waals surface area contributed by atoms with Crippen LogP contribution in [-0.2, 0) is 22.6 Å². The number of nitrogens with zero attached hydrogens (tertiary/aromatic N) is 1. The average Bonchev–Trinajstić information content (AvgIpc) is 2.61. The van der Waals surface area contributed by atoms with E-state index in [0.29, 0.717) is 0 Å². The van der Waals surface area contributed by atoms with E-state index in [4.69, 9.17) is 11.6 Å². The Morgan fingerprint density at radius 3 is 2.41 bits per heavy atom. The molecule has 0 radical (unpaired) electrons. The van der Waals surface area contributed by atoms with E-state index in [9.17, 15) is 14.0 Å². The van der Waals surface area contributed by atoms with Crippen molar-refractivity contribution in [2.75, 3.05) is 0 Å². The molecule has 2 rings (SSSR count). The molecule has 4 nitrogen and oxygen atoms in total. The molecule has 6 heteroatoms. The van der Waals surface area contributed by atoms with Crippen LogP contribution >= 0.6 is 11.6 Å². The summed E-state index contributed by atoms with van der Waals surface area (Å²) in [5.74, 6) is -1.17. The molecule has 0 saturated heterocycles. The van der Waals surface area contributed by atoms with Crippen LogP contribution in [0.4, 0.5) is 4.39 Å². The Morgan fingerprint density at radius 2 is 1.83 bits per heavy atom. The van der Waals surface area contributed by atoms with Crippen molar-refractivity contribution in [3.63, 3.8) is 0 Å². The Kier molecular flexibility index (Phi) is 7.42. The first-order chi connectivity index (χ1) is 13.5. The first-order valence-corrected chi connectivity index (χ1v) is 9.95. The molecule has 0 heterocycles. The highest BCUT2D eigenvalue weighted by Crippen LogP contribution is 2.21. The molecule has 29 heavy (non-hydrogen) atoms. The first-order valence-electron chi connectivity index (χ1n) is 9.58. The second-order valence-corrected chi connectivity index (χ2v) is 8.71. The summed E-state index contributed by atoms with van der Waals surface area (Å²) >= 11 is 6.10. The van der Waals surface area contributed by atoms with Gasteiger partial charge in [0.1, 0.15) is 11.9 Å². The Labute approximate surface area is 177 Å². The van der Waals surface area contributed by atoms with Gasteiger partial charge in [-0.1, -0.05) is 47.5 Å². The monoisotopic (exact) mass is 418 g/mol. The van der Waals surface area contributed by atoms with Gasteiger partial charge in [-0.25, -0.2) is 4.39 Å². The summed E-state index contributed by atoms with van der Waals surface area (Å²) in [5, 5.41) is 3.10. The minimum atomic E-state index is -0.729. The lowest BCUT2D eigenvalue weighted by Crippen LogP contribution is -2.52. The summed E-state index contributed by atoms with van der Waals surface area (Å²) in [6.07, 6.45) is -0.218. The van der Waals surface area contributed by atoms with Crippen molar-refractivity contribution in [3.05, 3.63) is 70.0 Å². The maximum atomic E-state index is 14.2. The standard InChI is InChI=1S/C23H28ClFN2O2/c1-15-8-6-9-17(12-15)14-27(16(2)22(29)26-23(3,4)5)21(28)13-18-19(24)10-7-11-20(18)25/h6-12,16H,13-14H2,1-5H3,(H,26,29)/t16-/m0/s1. The van der Waals surface area contributed by atoms with Crippen molar-refractivity contribution in [2.45, 2.75) is 59.2 Å². The maximum absolute atomic E-state index is 14.2. The zero-order valence-corrected chi connectivity index (χ0v) is 18.3. The summed E-state index contributed by atoms with van der Waals surface area (Å²) < 4.78 is 14.2. The van der Waals surface area contributed by atoms with Gasteiger partial charge in [-0.15, -0.1) is 0 Å². The van der Waals surface area contributed by atoms with Crippen LogP contribution in [0, 0.1) is 12.7 Å². The van der Waals surface area contributed by atoms with Crippen molar-refractivity contribution in [3.8, 4) is 0 Å². The predicted molar refractivity (Wildman–Crippen MR) is 114 cm³/mol. The third-order valence-corrected chi connectivity index (χ3v) is 4.84. The molecule has 2 aromatic rings. The molecule has 0 unspecified atom stereocenters. The van der Waals surface area contributed by atoms with Crippen molar-refractivity contribution in [1.82, 2.24) is 10.2 Å². The van der Waals surface area contributed by atoms with E-state index in [-0.39, 0.29) is 35.4 Å². The van der Waals surface area contributed by atoms with E-state index in [2.05, 4.69) is 5.32 Å². The van der Waals surface area contributed by atoms with Crippen molar-refractivity contribution in [2.24, 2.45) is 0 Å². The van der Waals surface area contributed by atoms with Gasteiger partial charge in [0.05, 0.1) is 6.42 Å². The highest BCUT2D eigenvalue weighted by molar-refractivity contribution is 6.31. The Hall–Kier alpha value is -2.40. The fourth-order valence-corrected chi connectivity index (χ4v) is 3.25. The van der Waals surface area contributed by atoms with E-state index in [0.717, 1.165) is 11.1 Å². The Morgan fingerprint density at radius 1 is 1.17 bits per heavy atom. The summed E-state index contributed by atoms with van der Waals surface area (Å²) in [6.45, 7) is 9.52. The quantitative estimate of drug-likeness (QED) is 0.741. The first kappa shape index (κ1) is 22.9. The molecule has 0 aliphatic heterocycles. The Balaban J connectivity index is 2.32. The molecular formula is C23H28ClFN2O2. The number of carbonyl (C=O) groups excluding carboxylic acids is 2. The second kappa shape index (κ2) is 9.40. The smallest absolute Gasteiger partial charge is 0.242 e. The van der Waals surface area contributed by atoms with Gasteiger partial charge in [0.2, 0.25) is 11.8 Å². The second-order valence-electron chi connectivity index (χ2n) is 8.30. The van der Waals surface area contributed by atoms with E-state index in [1.54, 1.807) is 13.0 Å². The van der Waals surface area contributed by atoms with Gasteiger partial charge in [-0.05, 0) is 52.3 Å². The highest BCUT2D eigenvalue weighted by atomic mass is 35.5. The van der Waals surface area contributed by atoms with Crippen LogP contribution in [0.15, 0.2) is 42.5 Å². The summed E-state index contributed by atoms with van der Waals surface area (Å²) in [4.78, 5) is 27.4. The summed E-state index contributed by atoms with van der Waals surface area (Å²) in [6, 6.07) is 11.3. The number of nitrogens with one attached hydrogen (secondary N) is 1. The summed E-state index contributed by atoms with van der Waals surface area (Å²) in [5.41, 5.74) is 1.65. The lowest BCUT2D eigenvalue weighted by atomic mass is 10.1. The predicted octanol–water partition coefficient (Wildman–Crippen LogP) is 4.66. The SMILES string of the molecule is Cc1cccc(CN(C(=O)Cc2c(F)cccc2Cl)[C@@H](C)C(=O)NC(C)(C)C)c1. The molecule has 2 aromatic carbocycles. The largest absolute Gasteiger partial charge is 0.350 e. The third-order valence-electron chi connectivity index (χ3n) is 4.49. The topological polar surface area (TPSA) is 49.4 Å². The number of hydrogen-bond acceptors (Lipinski definition) is 2. The number of carbonyl (C=O) groups is 2. The fraction of sp³-hybridized carbons (Fsp3) is 0.391. The molecule has 0 aliphatic rings. The number of benzene rings is 2. The zero-order valence-electron chi connectivity index (χ0n) is 17.6. The molecule has 2 amide bonds. The molecule has 0 aliphatic carbocycles. The van der Waals surface area contributed by atoms with Crippen LogP contribution in [0.2, 0.25) is 5.02 Å². The van der Waals surface area contributed by atoms with Crippen LogP contribution in [0.5, 0.6) is 0 Å². The summed E-state index contributed by atoms with van der Waals surface area (Å²) in [7, 11) is 0. The van der Waals surface area contributed by atoms with Crippen LogP contribution in [-0.4, -0.2) is 28.3 Å². The zero-order chi connectivity index (χ0) is 21.8. The molecule has 0 fully saturated rings. The van der Waals surface area contributed by atoms with E-state index in [1.807, 2.05) is 52.0 Å². The van der Waals surface area contributed by atoms with Gasteiger partial charge < -0.3 is 10.2 Å². The highest BCUT2D eigenvalue weighted by Gasteiger charge is 2.29. The lowest BCUT2D eigenvalue weighted by Gasteiger charge is -2.31. The van der Waals surface area contributed by atoms with Gasteiger partial charge in [0, 0.05) is 22.7 Å². The molecule has 0 bridgehead atoms. The number of aryl methyl sites for hydroxylation is 1. The minimum Gasteiger partial charge on any atom is -0.350 e. The number of rotatable bonds is 6. The molecule has 156 valence electrons. The van der Waals surface area contributed by atoms with Crippen LogP contribution in [0.25, 0.3) is 0 Å². The van der Waals surface area contributed by atoms with Gasteiger partial charge in [-0.3, -0.25) is 9.59 Å².